The molecule has 4 heteroatoms. The molecule has 2 bridgehead atoms. The number of hydrogen-bond acceptors (Lipinski definition) is 3. The second-order valence-corrected chi connectivity index (χ2v) is 9.08. The lowest BCUT2D eigenvalue weighted by atomic mass is 9.88. The van der Waals surface area contributed by atoms with E-state index in [0.29, 0.717) is 30.3 Å². The summed E-state index contributed by atoms with van der Waals surface area (Å²) >= 11 is 0. The predicted octanol–water partition coefficient (Wildman–Crippen LogP) is 3.99. The first-order valence-electron chi connectivity index (χ1n) is 10.1. The van der Waals surface area contributed by atoms with Crippen molar-refractivity contribution in [1.82, 2.24) is 10.6 Å². The predicted molar refractivity (Wildman–Crippen MR) is 105 cm³/mol. The number of benzene rings is 1. The Morgan fingerprint density at radius 1 is 1.19 bits per heavy atom. The molecule has 0 aromatic heterocycles. The molecule has 144 valence electrons. The van der Waals surface area contributed by atoms with Crippen molar-refractivity contribution in [3.8, 4) is 5.75 Å². The minimum Gasteiger partial charge on any atom is -0.493 e. The highest BCUT2D eigenvalue weighted by atomic mass is 16.5. The van der Waals surface area contributed by atoms with Gasteiger partial charge < -0.3 is 15.4 Å². The van der Waals surface area contributed by atoms with E-state index >= 15 is 0 Å². The van der Waals surface area contributed by atoms with E-state index in [1.54, 1.807) is 0 Å². The maximum atomic E-state index is 12.6. The minimum atomic E-state index is -0.375. The molecule has 2 atom stereocenters. The fourth-order valence-electron chi connectivity index (χ4n) is 4.31. The molecule has 2 aliphatic heterocycles. The summed E-state index contributed by atoms with van der Waals surface area (Å²) < 4.78 is 5.75. The van der Waals surface area contributed by atoms with Crippen molar-refractivity contribution < 1.29 is 9.53 Å². The van der Waals surface area contributed by atoms with E-state index in [1.165, 1.54) is 12.8 Å². The van der Waals surface area contributed by atoms with E-state index < -0.39 is 0 Å². The SMILES string of the molecule is CC(C)COc1ccc(C(C)(C)NC(=O)CC2CC3CCC(C2)N3)cc1. The van der Waals surface area contributed by atoms with Gasteiger partial charge in [-0.3, -0.25) is 4.79 Å². The molecule has 2 saturated heterocycles. The molecule has 0 spiro atoms. The van der Waals surface area contributed by atoms with Gasteiger partial charge in [0, 0.05) is 18.5 Å². The fraction of sp³-hybridized carbons (Fsp3) is 0.682. The molecule has 2 N–H and O–H groups in total. The zero-order valence-corrected chi connectivity index (χ0v) is 16.7. The van der Waals surface area contributed by atoms with Crippen LogP contribution in [-0.4, -0.2) is 24.6 Å². The highest BCUT2D eigenvalue weighted by Gasteiger charge is 2.34. The number of fused-ring (bicyclic) bond motifs is 2. The number of carbonyl (C=O) groups is 1. The van der Waals surface area contributed by atoms with Crippen LogP contribution in [0.15, 0.2) is 24.3 Å². The van der Waals surface area contributed by atoms with Crippen LogP contribution in [0.25, 0.3) is 0 Å². The molecule has 2 fully saturated rings. The summed E-state index contributed by atoms with van der Waals surface area (Å²) in [6.45, 7) is 9.14. The Morgan fingerprint density at radius 2 is 1.81 bits per heavy atom. The highest BCUT2D eigenvalue weighted by molar-refractivity contribution is 5.77. The van der Waals surface area contributed by atoms with Crippen molar-refractivity contribution in [1.29, 1.82) is 0 Å². The Balaban J connectivity index is 1.53. The number of rotatable bonds is 7. The zero-order valence-electron chi connectivity index (χ0n) is 16.7. The summed E-state index contributed by atoms with van der Waals surface area (Å²) in [6.07, 6.45) is 5.49. The Bertz CT molecular complexity index is 597. The fourth-order valence-corrected chi connectivity index (χ4v) is 4.31. The highest BCUT2D eigenvalue weighted by Crippen LogP contribution is 2.33. The van der Waals surface area contributed by atoms with Crippen LogP contribution >= 0.6 is 0 Å². The van der Waals surface area contributed by atoms with Gasteiger partial charge in [0.1, 0.15) is 5.75 Å². The Morgan fingerprint density at radius 3 is 2.38 bits per heavy atom. The first-order valence-corrected chi connectivity index (χ1v) is 10.1. The van der Waals surface area contributed by atoms with Crippen molar-refractivity contribution in [2.75, 3.05) is 6.61 Å². The largest absolute Gasteiger partial charge is 0.493 e. The van der Waals surface area contributed by atoms with Gasteiger partial charge >= 0.3 is 0 Å². The average molecular weight is 359 g/mol. The number of hydrogen-bond donors (Lipinski definition) is 2. The molecular weight excluding hydrogens is 324 g/mol. The first kappa shape index (κ1) is 19.2. The normalized spacial score (nSPS) is 25.3. The second kappa shape index (κ2) is 7.99. The lowest BCUT2D eigenvalue weighted by Gasteiger charge is -2.31. The third-order valence-electron chi connectivity index (χ3n) is 5.66. The summed E-state index contributed by atoms with van der Waals surface area (Å²) in [7, 11) is 0. The molecule has 0 radical (unpaired) electrons. The van der Waals surface area contributed by atoms with Crippen LogP contribution in [-0.2, 0) is 10.3 Å². The third-order valence-corrected chi connectivity index (χ3v) is 5.66. The summed E-state index contributed by atoms with van der Waals surface area (Å²) in [4.78, 5) is 12.6. The smallest absolute Gasteiger partial charge is 0.220 e. The van der Waals surface area contributed by atoms with Gasteiger partial charge in [0.25, 0.3) is 0 Å². The lowest BCUT2D eigenvalue weighted by molar-refractivity contribution is -0.124. The Hall–Kier alpha value is -1.55. The number of nitrogens with one attached hydrogen (secondary N) is 2. The van der Waals surface area contributed by atoms with Crippen LogP contribution in [0.2, 0.25) is 0 Å². The summed E-state index contributed by atoms with van der Waals surface area (Å²) in [5.41, 5.74) is 0.729. The van der Waals surface area contributed by atoms with Crippen molar-refractivity contribution in [2.45, 2.75) is 77.4 Å². The monoisotopic (exact) mass is 358 g/mol. The molecule has 3 rings (SSSR count). The molecule has 2 heterocycles. The van der Waals surface area contributed by atoms with Gasteiger partial charge in [0.05, 0.1) is 12.1 Å². The molecule has 0 aliphatic carbocycles. The van der Waals surface area contributed by atoms with Crippen molar-refractivity contribution in [3.05, 3.63) is 29.8 Å². The second-order valence-electron chi connectivity index (χ2n) is 9.08. The van der Waals surface area contributed by atoms with Gasteiger partial charge in [-0.1, -0.05) is 26.0 Å². The standard InChI is InChI=1S/C22H34N2O2/c1-15(2)14-26-20-9-5-17(6-10-20)22(3,4)24-21(25)13-16-11-18-7-8-19(12-16)23-18/h5-6,9-10,15-16,18-19,23H,7-8,11-14H2,1-4H3,(H,24,25). The van der Waals surface area contributed by atoms with Crippen molar-refractivity contribution in [3.63, 3.8) is 0 Å². The van der Waals surface area contributed by atoms with Crippen molar-refractivity contribution in [2.24, 2.45) is 11.8 Å². The van der Waals surface area contributed by atoms with Crippen LogP contribution in [0.5, 0.6) is 5.75 Å². The van der Waals surface area contributed by atoms with Crippen LogP contribution in [0.4, 0.5) is 0 Å². The van der Waals surface area contributed by atoms with Crippen LogP contribution < -0.4 is 15.4 Å². The molecule has 2 aliphatic rings. The van der Waals surface area contributed by atoms with Crippen LogP contribution in [0.3, 0.4) is 0 Å². The van der Waals surface area contributed by atoms with E-state index in [0.717, 1.165) is 30.8 Å². The first-order chi connectivity index (χ1) is 12.3. The molecule has 1 aromatic rings. The molecule has 0 saturated carbocycles. The number of ether oxygens (including phenoxy) is 1. The number of carbonyl (C=O) groups excluding carboxylic acids is 1. The summed E-state index contributed by atoms with van der Waals surface area (Å²) in [5.74, 6) is 2.09. The number of amides is 1. The van der Waals surface area contributed by atoms with E-state index in [1.807, 2.05) is 12.1 Å². The van der Waals surface area contributed by atoms with Gasteiger partial charge in [-0.15, -0.1) is 0 Å². The minimum absolute atomic E-state index is 0.168. The van der Waals surface area contributed by atoms with Gasteiger partial charge in [-0.2, -0.15) is 0 Å². The molecule has 2 unspecified atom stereocenters. The van der Waals surface area contributed by atoms with E-state index in [2.05, 4.69) is 50.5 Å². The molecular formula is C22H34N2O2. The Kier molecular flexibility index (Phi) is 5.91. The maximum absolute atomic E-state index is 12.6. The quantitative estimate of drug-likeness (QED) is 0.775. The molecule has 1 aromatic carbocycles. The van der Waals surface area contributed by atoms with E-state index in [9.17, 15) is 4.79 Å². The molecule has 1 amide bonds. The zero-order chi connectivity index (χ0) is 18.7. The van der Waals surface area contributed by atoms with Crippen molar-refractivity contribution >= 4 is 5.91 Å². The number of piperidine rings is 1. The third kappa shape index (κ3) is 5.00. The van der Waals surface area contributed by atoms with E-state index in [-0.39, 0.29) is 11.4 Å². The lowest BCUT2D eigenvalue weighted by Crippen LogP contribution is -2.44. The van der Waals surface area contributed by atoms with Gasteiger partial charge in [0.2, 0.25) is 5.91 Å². The molecule has 26 heavy (non-hydrogen) atoms. The van der Waals surface area contributed by atoms with Crippen LogP contribution in [0, 0.1) is 11.8 Å². The van der Waals surface area contributed by atoms with Gasteiger partial charge in [-0.25, -0.2) is 0 Å². The topological polar surface area (TPSA) is 50.4 Å². The van der Waals surface area contributed by atoms with Gasteiger partial charge in [-0.05, 0) is 69.1 Å². The van der Waals surface area contributed by atoms with Crippen LogP contribution in [0.1, 0.15) is 65.4 Å². The Labute approximate surface area is 158 Å². The average Bonchev–Trinajstić information content (AvgIpc) is 2.91. The molecule has 4 nitrogen and oxygen atoms in total. The maximum Gasteiger partial charge on any atom is 0.220 e. The summed E-state index contributed by atoms with van der Waals surface area (Å²) in [5, 5.41) is 6.89. The summed E-state index contributed by atoms with van der Waals surface area (Å²) in [6, 6.07) is 9.38. The van der Waals surface area contributed by atoms with E-state index in [4.69, 9.17) is 4.74 Å². The van der Waals surface area contributed by atoms with Gasteiger partial charge in [0.15, 0.2) is 0 Å².